The van der Waals surface area contributed by atoms with Gasteiger partial charge in [-0.05, 0) is 26.0 Å². The van der Waals surface area contributed by atoms with E-state index in [1.807, 2.05) is 31.2 Å². The minimum absolute atomic E-state index is 0.0985. The van der Waals surface area contributed by atoms with Gasteiger partial charge in [0.25, 0.3) is 0 Å². The maximum absolute atomic E-state index is 11.0. The molecule has 0 fully saturated rings. The number of hydrogen-bond acceptors (Lipinski definition) is 2. The van der Waals surface area contributed by atoms with Gasteiger partial charge in [0.05, 0.1) is 12.1 Å². The normalized spacial score (nSPS) is 10.5. The van der Waals surface area contributed by atoms with Crippen LogP contribution in [0.3, 0.4) is 0 Å². The summed E-state index contributed by atoms with van der Waals surface area (Å²) in [5.41, 5.74) is 2.83. The number of rotatable bonds is 3. The fourth-order valence-electron chi connectivity index (χ4n) is 1.73. The van der Waals surface area contributed by atoms with E-state index in [-0.39, 0.29) is 5.78 Å². The van der Waals surface area contributed by atoms with Gasteiger partial charge in [0.15, 0.2) is 0 Å². The lowest BCUT2D eigenvalue weighted by molar-refractivity contribution is -0.116. The molecule has 1 aromatic carbocycles. The third-order valence-corrected chi connectivity index (χ3v) is 2.72. The van der Waals surface area contributed by atoms with Gasteiger partial charge in [-0.25, -0.2) is 4.98 Å². The average molecular weight is 249 g/mol. The molecule has 0 aliphatic heterocycles. The van der Waals surface area contributed by atoms with Crippen molar-refractivity contribution in [3.63, 3.8) is 0 Å². The number of Topliss-reactive ketones (excluding diaryl/α,β-unsaturated/α-hetero) is 1. The molecule has 88 valence electrons. The van der Waals surface area contributed by atoms with E-state index in [9.17, 15) is 4.79 Å². The lowest BCUT2D eigenvalue weighted by atomic mass is 10.1. The number of aromatic nitrogens is 2. The van der Waals surface area contributed by atoms with E-state index in [1.165, 1.54) is 0 Å². The Bertz CT molecular complexity index is 543. The van der Waals surface area contributed by atoms with Crippen molar-refractivity contribution in [2.75, 3.05) is 0 Å². The number of H-pyrrole nitrogens is 1. The summed E-state index contributed by atoms with van der Waals surface area (Å²) < 4.78 is 0. The van der Waals surface area contributed by atoms with Crippen LogP contribution in [0.5, 0.6) is 0 Å². The summed E-state index contributed by atoms with van der Waals surface area (Å²) in [5, 5.41) is 0.700. The van der Waals surface area contributed by atoms with Crippen molar-refractivity contribution in [3.05, 3.63) is 40.8 Å². The molecule has 0 bridgehead atoms. The highest BCUT2D eigenvalue weighted by molar-refractivity contribution is 6.30. The molecule has 0 spiro atoms. The van der Waals surface area contributed by atoms with Gasteiger partial charge in [-0.1, -0.05) is 23.7 Å². The van der Waals surface area contributed by atoms with Crippen LogP contribution in [-0.4, -0.2) is 15.8 Å². The van der Waals surface area contributed by atoms with Crippen LogP contribution in [0.15, 0.2) is 24.3 Å². The summed E-state index contributed by atoms with van der Waals surface area (Å²) in [6.45, 7) is 3.50. The van der Waals surface area contributed by atoms with Crippen molar-refractivity contribution in [3.8, 4) is 11.3 Å². The molecule has 2 aromatic rings. The minimum atomic E-state index is 0.0985. The number of nitrogens with zero attached hydrogens (tertiary/aromatic N) is 1. The summed E-state index contributed by atoms with van der Waals surface area (Å²) in [4.78, 5) is 18.6. The Balaban J connectivity index is 2.35. The summed E-state index contributed by atoms with van der Waals surface area (Å²) in [5.74, 6) is 0.807. The summed E-state index contributed by atoms with van der Waals surface area (Å²) in [7, 11) is 0. The number of carbonyl (C=O) groups is 1. The van der Waals surface area contributed by atoms with E-state index in [0.29, 0.717) is 17.3 Å². The molecule has 1 aromatic heterocycles. The maximum atomic E-state index is 11.0. The van der Waals surface area contributed by atoms with Gasteiger partial charge in [0, 0.05) is 16.3 Å². The number of ketones is 1. The molecule has 4 heteroatoms. The van der Waals surface area contributed by atoms with Gasteiger partial charge in [0.1, 0.15) is 11.6 Å². The Morgan fingerprint density at radius 3 is 2.59 bits per heavy atom. The molecule has 0 amide bonds. The van der Waals surface area contributed by atoms with Crippen LogP contribution in [0, 0.1) is 6.92 Å². The molecule has 0 saturated carbocycles. The molecule has 0 aliphatic rings. The van der Waals surface area contributed by atoms with Crippen LogP contribution >= 0.6 is 11.6 Å². The highest BCUT2D eigenvalue weighted by atomic mass is 35.5. The fraction of sp³-hybridized carbons (Fsp3) is 0.231. The molecule has 17 heavy (non-hydrogen) atoms. The SMILES string of the molecule is CC(=O)Cc1nc(-c2ccc(Cl)cc2)c(C)[nH]1. The minimum Gasteiger partial charge on any atom is -0.345 e. The number of benzene rings is 1. The fourth-order valence-corrected chi connectivity index (χ4v) is 1.86. The van der Waals surface area contributed by atoms with E-state index >= 15 is 0 Å². The summed E-state index contributed by atoms with van der Waals surface area (Å²) >= 11 is 5.84. The monoisotopic (exact) mass is 248 g/mol. The molecule has 3 nitrogen and oxygen atoms in total. The highest BCUT2D eigenvalue weighted by Gasteiger charge is 2.09. The summed E-state index contributed by atoms with van der Waals surface area (Å²) in [6, 6.07) is 7.50. The molecule has 2 rings (SSSR count). The van der Waals surface area contributed by atoms with E-state index < -0.39 is 0 Å². The van der Waals surface area contributed by atoms with E-state index in [4.69, 9.17) is 11.6 Å². The zero-order valence-corrected chi connectivity index (χ0v) is 10.5. The predicted molar refractivity (Wildman–Crippen MR) is 68.2 cm³/mol. The van der Waals surface area contributed by atoms with Gasteiger partial charge in [-0.15, -0.1) is 0 Å². The largest absolute Gasteiger partial charge is 0.345 e. The lowest BCUT2D eigenvalue weighted by Crippen LogP contribution is -1.98. The molecule has 1 heterocycles. The van der Waals surface area contributed by atoms with Gasteiger partial charge in [-0.2, -0.15) is 0 Å². The number of carbonyl (C=O) groups excluding carboxylic acids is 1. The van der Waals surface area contributed by atoms with Crippen LogP contribution in [0.25, 0.3) is 11.3 Å². The Kier molecular flexibility index (Phi) is 3.29. The van der Waals surface area contributed by atoms with E-state index in [1.54, 1.807) is 6.92 Å². The first-order valence-electron chi connectivity index (χ1n) is 5.37. The molecule has 0 unspecified atom stereocenters. The van der Waals surface area contributed by atoms with Gasteiger partial charge < -0.3 is 4.98 Å². The van der Waals surface area contributed by atoms with Crippen LogP contribution in [-0.2, 0) is 11.2 Å². The predicted octanol–water partition coefficient (Wildman–Crippen LogP) is 3.17. The number of imidazole rings is 1. The number of halogens is 1. The van der Waals surface area contributed by atoms with Crippen LogP contribution in [0.1, 0.15) is 18.4 Å². The third kappa shape index (κ3) is 2.74. The van der Waals surface area contributed by atoms with Gasteiger partial charge >= 0.3 is 0 Å². The molecule has 0 atom stereocenters. The first-order valence-corrected chi connectivity index (χ1v) is 5.75. The van der Waals surface area contributed by atoms with Crippen molar-refractivity contribution >= 4 is 17.4 Å². The number of hydrogen-bond donors (Lipinski definition) is 1. The second kappa shape index (κ2) is 4.72. The molecular formula is C13H13ClN2O. The van der Waals surface area contributed by atoms with E-state index in [2.05, 4.69) is 9.97 Å². The Hall–Kier alpha value is -1.61. The second-order valence-corrected chi connectivity index (χ2v) is 4.48. The Morgan fingerprint density at radius 1 is 1.35 bits per heavy atom. The van der Waals surface area contributed by atoms with Crippen molar-refractivity contribution in [1.29, 1.82) is 0 Å². The van der Waals surface area contributed by atoms with Gasteiger partial charge in [-0.3, -0.25) is 4.79 Å². The maximum Gasteiger partial charge on any atom is 0.137 e. The Labute approximate surface area is 105 Å². The van der Waals surface area contributed by atoms with Crippen molar-refractivity contribution < 1.29 is 4.79 Å². The quantitative estimate of drug-likeness (QED) is 0.907. The first kappa shape index (κ1) is 11.9. The van der Waals surface area contributed by atoms with Crippen molar-refractivity contribution in [1.82, 2.24) is 9.97 Å². The molecule has 0 radical (unpaired) electrons. The molecular weight excluding hydrogens is 236 g/mol. The lowest BCUT2D eigenvalue weighted by Gasteiger charge is -1.98. The van der Waals surface area contributed by atoms with Gasteiger partial charge in [0.2, 0.25) is 0 Å². The van der Waals surface area contributed by atoms with Crippen LogP contribution in [0.4, 0.5) is 0 Å². The molecule has 0 saturated heterocycles. The standard InChI is InChI=1S/C13H13ClN2O/c1-8(17)7-12-15-9(2)13(16-12)10-3-5-11(14)6-4-10/h3-6H,7H2,1-2H3,(H,15,16). The average Bonchev–Trinajstić information content (AvgIpc) is 2.59. The first-order chi connectivity index (χ1) is 8.06. The molecule has 1 N–H and O–H groups in total. The highest BCUT2D eigenvalue weighted by Crippen LogP contribution is 2.23. The van der Waals surface area contributed by atoms with Crippen LogP contribution < -0.4 is 0 Å². The third-order valence-electron chi connectivity index (χ3n) is 2.47. The second-order valence-electron chi connectivity index (χ2n) is 4.04. The summed E-state index contributed by atoms with van der Waals surface area (Å²) in [6.07, 6.45) is 0.342. The van der Waals surface area contributed by atoms with Crippen LogP contribution in [0.2, 0.25) is 5.02 Å². The smallest absolute Gasteiger partial charge is 0.137 e. The van der Waals surface area contributed by atoms with Crippen molar-refractivity contribution in [2.24, 2.45) is 0 Å². The van der Waals surface area contributed by atoms with E-state index in [0.717, 1.165) is 17.0 Å². The topological polar surface area (TPSA) is 45.8 Å². The molecule has 0 aliphatic carbocycles. The number of aromatic amines is 1. The zero-order valence-electron chi connectivity index (χ0n) is 9.75. The number of aryl methyl sites for hydroxylation is 1. The number of nitrogens with one attached hydrogen (secondary N) is 1. The zero-order chi connectivity index (χ0) is 12.4. The Morgan fingerprint density at radius 2 is 2.00 bits per heavy atom. The van der Waals surface area contributed by atoms with Crippen molar-refractivity contribution in [2.45, 2.75) is 20.3 Å².